The first-order valence-electron chi connectivity index (χ1n) is 9.71. The number of hydrogen-bond acceptors (Lipinski definition) is 7. The van der Waals surface area contributed by atoms with E-state index in [1.165, 1.54) is 5.69 Å². The number of ether oxygens (including phenoxy) is 1. The quantitative estimate of drug-likeness (QED) is 0.544. The minimum absolute atomic E-state index is 0.519. The molecule has 0 radical (unpaired) electrons. The Bertz CT molecular complexity index is 1110. The summed E-state index contributed by atoms with van der Waals surface area (Å²) in [6.45, 7) is 5.42. The maximum Gasteiger partial charge on any atom is 0.141 e. The van der Waals surface area contributed by atoms with Crippen LogP contribution in [0.15, 0.2) is 43.0 Å². The number of aliphatic hydroxyl groups is 1. The summed E-state index contributed by atoms with van der Waals surface area (Å²) in [6.07, 6.45) is 5.32. The normalized spacial score (nSPS) is 15.9. The number of morpholine rings is 1. The standard InChI is InChI=1S/C20H22N6O2S/c1-2-17-19(25-13-21-11-18(25)29-17)20(27)16-12-26(23-22-16)15-5-3-14(4-6-15)24-7-9-28-10-8-24/h3-6,11-13,20,27H,2,7-10H2,1H3. The summed E-state index contributed by atoms with van der Waals surface area (Å²) in [5.74, 6) is 0. The van der Waals surface area contributed by atoms with Gasteiger partial charge >= 0.3 is 0 Å². The van der Waals surface area contributed by atoms with Crippen molar-refractivity contribution < 1.29 is 9.84 Å². The van der Waals surface area contributed by atoms with Crippen molar-refractivity contribution in [1.82, 2.24) is 24.4 Å². The molecule has 8 nitrogen and oxygen atoms in total. The van der Waals surface area contributed by atoms with E-state index < -0.39 is 6.10 Å². The van der Waals surface area contributed by atoms with Gasteiger partial charge in [0.05, 0.1) is 37.0 Å². The van der Waals surface area contributed by atoms with E-state index in [0.717, 1.165) is 53.8 Å². The van der Waals surface area contributed by atoms with Crippen LogP contribution < -0.4 is 4.90 Å². The SMILES string of the molecule is CCc1sc2cncn2c1C(O)c1cn(-c2ccc(N3CCOCC3)cc2)nn1. The van der Waals surface area contributed by atoms with E-state index in [-0.39, 0.29) is 0 Å². The Balaban J connectivity index is 1.40. The number of imidazole rings is 1. The Morgan fingerprint density at radius 3 is 2.69 bits per heavy atom. The summed E-state index contributed by atoms with van der Waals surface area (Å²) in [7, 11) is 0. The van der Waals surface area contributed by atoms with Crippen LogP contribution in [0.25, 0.3) is 10.5 Å². The molecule has 0 spiro atoms. The molecule has 1 aromatic carbocycles. The highest BCUT2D eigenvalue weighted by atomic mass is 32.1. The van der Waals surface area contributed by atoms with Crippen LogP contribution in [0.2, 0.25) is 0 Å². The molecule has 0 saturated carbocycles. The van der Waals surface area contributed by atoms with Crippen LogP contribution in [0.4, 0.5) is 5.69 Å². The number of fused-ring (bicyclic) bond motifs is 1. The number of nitrogens with zero attached hydrogens (tertiary/aromatic N) is 6. The third-order valence-electron chi connectivity index (χ3n) is 5.24. The zero-order valence-electron chi connectivity index (χ0n) is 16.1. The molecule has 1 N–H and O–H groups in total. The number of thiazole rings is 1. The smallest absolute Gasteiger partial charge is 0.141 e. The van der Waals surface area contributed by atoms with E-state index in [4.69, 9.17) is 4.74 Å². The van der Waals surface area contributed by atoms with Gasteiger partial charge < -0.3 is 14.7 Å². The van der Waals surface area contributed by atoms with Gasteiger partial charge in [0.25, 0.3) is 0 Å². The highest BCUT2D eigenvalue weighted by Crippen LogP contribution is 2.31. The summed E-state index contributed by atoms with van der Waals surface area (Å²) >= 11 is 1.64. The third-order valence-corrected chi connectivity index (χ3v) is 6.49. The highest BCUT2D eigenvalue weighted by molar-refractivity contribution is 7.17. The average Bonchev–Trinajstić information content (AvgIpc) is 3.50. The fourth-order valence-corrected chi connectivity index (χ4v) is 4.76. The molecule has 1 unspecified atom stereocenters. The first-order chi connectivity index (χ1) is 14.2. The molecule has 29 heavy (non-hydrogen) atoms. The van der Waals surface area contributed by atoms with Crippen LogP contribution in [0.5, 0.6) is 0 Å². The van der Waals surface area contributed by atoms with Crippen molar-refractivity contribution >= 4 is 21.9 Å². The lowest BCUT2D eigenvalue weighted by molar-refractivity contribution is 0.122. The summed E-state index contributed by atoms with van der Waals surface area (Å²) in [5.41, 5.74) is 3.41. The third kappa shape index (κ3) is 3.31. The van der Waals surface area contributed by atoms with Crippen molar-refractivity contribution in [3.63, 3.8) is 0 Å². The topological polar surface area (TPSA) is 80.7 Å². The molecule has 150 valence electrons. The predicted molar refractivity (Wildman–Crippen MR) is 111 cm³/mol. The largest absolute Gasteiger partial charge is 0.380 e. The monoisotopic (exact) mass is 410 g/mol. The van der Waals surface area contributed by atoms with Crippen molar-refractivity contribution in [1.29, 1.82) is 0 Å². The zero-order chi connectivity index (χ0) is 19.8. The molecule has 4 heterocycles. The number of aliphatic hydroxyl groups excluding tert-OH is 1. The first-order valence-corrected chi connectivity index (χ1v) is 10.5. The van der Waals surface area contributed by atoms with Crippen LogP contribution in [-0.2, 0) is 11.2 Å². The Morgan fingerprint density at radius 1 is 1.17 bits per heavy atom. The van der Waals surface area contributed by atoms with E-state index in [9.17, 15) is 5.11 Å². The molecule has 1 fully saturated rings. The molecule has 3 aromatic heterocycles. The molecule has 0 amide bonds. The second-order valence-electron chi connectivity index (χ2n) is 6.97. The Morgan fingerprint density at radius 2 is 1.93 bits per heavy atom. The van der Waals surface area contributed by atoms with Crippen molar-refractivity contribution in [3.05, 3.63) is 59.3 Å². The summed E-state index contributed by atoms with van der Waals surface area (Å²) in [6, 6.07) is 8.21. The van der Waals surface area contributed by atoms with Gasteiger partial charge in [-0.25, -0.2) is 9.67 Å². The molecule has 1 atom stereocenters. The molecular weight excluding hydrogens is 388 g/mol. The zero-order valence-corrected chi connectivity index (χ0v) is 16.9. The average molecular weight is 411 g/mol. The number of aryl methyl sites for hydroxylation is 1. The lowest BCUT2D eigenvalue weighted by atomic mass is 10.1. The minimum atomic E-state index is -0.853. The van der Waals surface area contributed by atoms with Crippen molar-refractivity contribution in [3.8, 4) is 5.69 Å². The van der Waals surface area contributed by atoms with E-state index in [2.05, 4.69) is 39.3 Å². The van der Waals surface area contributed by atoms with Gasteiger partial charge in [0.1, 0.15) is 23.0 Å². The number of anilines is 1. The molecule has 5 rings (SSSR count). The second kappa shape index (κ2) is 7.58. The van der Waals surface area contributed by atoms with Gasteiger partial charge in [-0.1, -0.05) is 12.1 Å². The minimum Gasteiger partial charge on any atom is -0.380 e. The maximum atomic E-state index is 11.0. The van der Waals surface area contributed by atoms with Gasteiger partial charge in [-0.2, -0.15) is 0 Å². The van der Waals surface area contributed by atoms with Gasteiger partial charge in [0.2, 0.25) is 0 Å². The fourth-order valence-electron chi connectivity index (χ4n) is 3.70. The molecular formula is C20H22N6O2S. The van der Waals surface area contributed by atoms with Gasteiger partial charge in [-0.15, -0.1) is 16.4 Å². The van der Waals surface area contributed by atoms with Gasteiger partial charge in [0, 0.05) is 23.7 Å². The molecule has 1 saturated heterocycles. The molecule has 1 aliphatic rings. The number of rotatable bonds is 5. The van der Waals surface area contributed by atoms with Crippen molar-refractivity contribution in [2.75, 3.05) is 31.2 Å². The van der Waals surface area contributed by atoms with Gasteiger partial charge in [0.15, 0.2) is 0 Å². The lowest BCUT2D eigenvalue weighted by Gasteiger charge is -2.28. The van der Waals surface area contributed by atoms with E-state index >= 15 is 0 Å². The summed E-state index contributed by atoms with van der Waals surface area (Å²) in [4.78, 5) is 8.63. The predicted octanol–water partition coefficient (Wildman–Crippen LogP) is 2.46. The first kappa shape index (κ1) is 18.3. The van der Waals surface area contributed by atoms with Gasteiger partial charge in [-0.3, -0.25) is 4.40 Å². The van der Waals surface area contributed by atoms with Crippen molar-refractivity contribution in [2.24, 2.45) is 0 Å². The van der Waals surface area contributed by atoms with Gasteiger partial charge in [-0.05, 0) is 30.7 Å². The second-order valence-corrected chi connectivity index (χ2v) is 8.09. The van der Waals surface area contributed by atoms with Crippen LogP contribution in [0.1, 0.15) is 29.3 Å². The lowest BCUT2D eigenvalue weighted by Crippen LogP contribution is -2.36. The highest BCUT2D eigenvalue weighted by Gasteiger charge is 2.23. The van der Waals surface area contributed by atoms with E-state index in [1.807, 2.05) is 22.7 Å². The molecule has 0 aliphatic carbocycles. The number of aromatic nitrogens is 5. The van der Waals surface area contributed by atoms with Crippen LogP contribution >= 0.6 is 11.3 Å². The Kier molecular flexibility index (Phi) is 4.78. The van der Waals surface area contributed by atoms with Crippen LogP contribution in [0.3, 0.4) is 0 Å². The number of hydrogen-bond donors (Lipinski definition) is 1. The summed E-state index contributed by atoms with van der Waals surface area (Å²) in [5, 5.41) is 19.5. The van der Waals surface area contributed by atoms with E-state index in [1.54, 1.807) is 28.5 Å². The summed E-state index contributed by atoms with van der Waals surface area (Å²) < 4.78 is 9.05. The Hall–Kier alpha value is -2.75. The molecule has 0 bridgehead atoms. The Labute approximate surface area is 172 Å². The van der Waals surface area contributed by atoms with E-state index in [0.29, 0.717) is 5.69 Å². The van der Waals surface area contributed by atoms with Crippen LogP contribution in [-0.4, -0.2) is 55.8 Å². The van der Waals surface area contributed by atoms with Crippen molar-refractivity contribution in [2.45, 2.75) is 19.4 Å². The molecule has 4 aromatic rings. The number of benzene rings is 1. The molecule has 9 heteroatoms. The van der Waals surface area contributed by atoms with Crippen LogP contribution in [0, 0.1) is 0 Å². The fraction of sp³-hybridized carbons (Fsp3) is 0.350. The molecule has 1 aliphatic heterocycles. The maximum absolute atomic E-state index is 11.0.